The maximum absolute atomic E-state index is 11.0. The highest BCUT2D eigenvalue weighted by atomic mass is 16.7. The Morgan fingerprint density at radius 3 is 2.68 bits per heavy atom. The summed E-state index contributed by atoms with van der Waals surface area (Å²) in [6.07, 6.45) is 0.764. The molecule has 0 fully saturated rings. The molecule has 0 aliphatic heterocycles. The number of rotatable bonds is 7. The largest absolute Gasteiger partial charge is 0.505 e. The molecule has 1 heterocycles. The van der Waals surface area contributed by atoms with Crippen LogP contribution in [-0.4, -0.2) is 38.5 Å². The molecule has 1 amide bonds. The zero-order valence-electron chi connectivity index (χ0n) is 9.81. The van der Waals surface area contributed by atoms with Crippen LogP contribution in [-0.2, 0) is 11.3 Å². The number of carboxylic acid groups (broad SMARTS) is 1. The van der Waals surface area contributed by atoms with Crippen LogP contribution in [0.5, 0.6) is 0 Å². The lowest BCUT2D eigenvalue weighted by molar-refractivity contribution is -0.390. The van der Waals surface area contributed by atoms with Gasteiger partial charge >= 0.3 is 12.0 Å². The van der Waals surface area contributed by atoms with Crippen molar-refractivity contribution in [1.29, 1.82) is 0 Å². The molecule has 1 rings (SSSR count). The number of primary amides is 1. The van der Waals surface area contributed by atoms with Gasteiger partial charge in [0.15, 0.2) is 5.56 Å². The first-order valence-corrected chi connectivity index (χ1v) is 5.29. The molecule has 0 saturated heterocycles. The van der Waals surface area contributed by atoms with Crippen LogP contribution in [0.4, 0.5) is 10.6 Å². The molecule has 0 aliphatic carbocycles. The molecule has 0 unspecified atom stereocenters. The summed E-state index contributed by atoms with van der Waals surface area (Å²) in [6.45, 7) is 0.318. The number of aromatic nitrogens is 2. The van der Waals surface area contributed by atoms with Gasteiger partial charge in [0.2, 0.25) is 0 Å². The first-order chi connectivity index (χ1) is 8.91. The lowest BCUT2D eigenvalue weighted by atomic mass is 10.3. The van der Waals surface area contributed by atoms with E-state index in [0.29, 0.717) is 12.8 Å². The Kier molecular flexibility index (Phi) is 4.80. The van der Waals surface area contributed by atoms with Crippen molar-refractivity contribution in [1.82, 2.24) is 9.78 Å². The number of nitro groups is 1. The van der Waals surface area contributed by atoms with E-state index in [2.05, 4.69) is 9.84 Å². The van der Waals surface area contributed by atoms with Crippen molar-refractivity contribution in [2.24, 2.45) is 5.73 Å². The normalized spacial score (nSPS) is 10.1. The number of unbranched alkanes of at least 4 members (excludes halogenated alkanes) is 1. The van der Waals surface area contributed by atoms with Crippen molar-refractivity contribution < 1.29 is 24.4 Å². The Morgan fingerprint density at radius 1 is 1.53 bits per heavy atom. The van der Waals surface area contributed by atoms with Gasteiger partial charge in [-0.25, -0.2) is 4.79 Å². The second-order valence-electron chi connectivity index (χ2n) is 3.57. The van der Waals surface area contributed by atoms with Gasteiger partial charge in [0.25, 0.3) is 5.91 Å². The number of aryl methyl sites for hydroxylation is 1. The van der Waals surface area contributed by atoms with Gasteiger partial charge in [-0.15, -0.1) is 0 Å². The monoisotopic (exact) mass is 272 g/mol. The summed E-state index contributed by atoms with van der Waals surface area (Å²) >= 11 is 0. The summed E-state index contributed by atoms with van der Waals surface area (Å²) in [7, 11) is 0. The fourth-order valence-electron chi connectivity index (χ4n) is 1.37. The van der Waals surface area contributed by atoms with Crippen molar-refractivity contribution in [3.8, 4) is 0 Å². The van der Waals surface area contributed by atoms with Crippen molar-refractivity contribution in [3.05, 3.63) is 21.9 Å². The average Bonchev–Trinajstić information content (AvgIpc) is 2.72. The number of hydrogen-bond donors (Lipinski definition) is 2. The molecule has 10 heteroatoms. The maximum Gasteiger partial charge on any atom is 0.505 e. The predicted molar refractivity (Wildman–Crippen MR) is 60.6 cm³/mol. The van der Waals surface area contributed by atoms with Gasteiger partial charge in [0.1, 0.15) is 0 Å². The SMILES string of the molecule is NC(=O)c1cn(CCCCOC(=O)O)nc1[N+](=O)[O-]. The first kappa shape index (κ1) is 14.4. The number of carbonyl (C=O) groups is 2. The molecule has 19 heavy (non-hydrogen) atoms. The van der Waals surface area contributed by atoms with Gasteiger partial charge in [-0.1, -0.05) is 0 Å². The quantitative estimate of drug-likeness (QED) is 0.314. The number of ether oxygens (including phenoxy) is 1. The third kappa shape index (κ3) is 4.26. The Balaban J connectivity index is 2.55. The van der Waals surface area contributed by atoms with Crippen LogP contribution in [0.1, 0.15) is 23.2 Å². The van der Waals surface area contributed by atoms with Crippen LogP contribution in [0.2, 0.25) is 0 Å². The fraction of sp³-hybridized carbons (Fsp3) is 0.444. The predicted octanol–water partition coefficient (Wildman–Crippen LogP) is 0.365. The number of carbonyl (C=O) groups excluding carboxylic acids is 1. The molecule has 0 radical (unpaired) electrons. The lowest BCUT2D eigenvalue weighted by Crippen LogP contribution is -2.11. The molecule has 0 aliphatic rings. The molecule has 1 aromatic heterocycles. The Labute approximate surface area is 106 Å². The molecule has 10 nitrogen and oxygen atoms in total. The van der Waals surface area contributed by atoms with Gasteiger partial charge in [-0.3, -0.25) is 4.79 Å². The van der Waals surface area contributed by atoms with Crippen LogP contribution in [0.25, 0.3) is 0 Å². The van der Waals surface area contributed by atoms with E-state index < -0.39 is 22.8 Å². The zero-order chi connectivity index (χ0) is 14.4. The van der Waals surface area contributed by atoms with Gasteiger partial charge < -0.3 is 25.7 Å². The average molecular weight is 272 g/mol. The molecule has 0 aromatic carbocycles. The number of nitrogens with two attached hydrogens (primary N) is 1. The number of amides is 1. The van der Waals surface area contributed by atoms with Gasteiger partial charge in [-0.05, 0) is 17.8 Å². The minimum atomic E-state index is -1.36. The second kappa shape index (κ2) is 6.33. The van der Waals surface area contributed by atoms with Crippen LogP contribution < -0.4 is 5.73 Å². The van der Waals surface area contributed by atoms with E-state index in [-0.39, 0.29) is 18.7 Å². The Hall–Kier alpha value is -2.65. The van der Waals surface area contributed by atoms with E-state index in [0.717, 1.165) is 0 Å². The third-order valence-corrected chi connectivity index (χ3v) is 2.19. The van der Waals surface area contributed by atoms with E-state index in [1.54, 1.807) is 0 Å². The zero-order valence-corrected chi connectivity index (χ0v) is 9.81. The van der Waals surface area contributed by atoms with Crippen molar-refractivity contribution in [2.45, 2.75) is 19.4 Å². The van der Waals surface area contributed by atoms with Crippen molar-refractivity contribution >= 4 is 17.9 Å². The van der Waals surface area contributed by atoms with E-state index >= 15 is 0 Å². The van der Waals surface area contributed by atoms with Crippen molar-refractivity contribution in [2.75, 3.05) is 6.61 Å². The molecular weight excluding hydrogens is 260 g/mol. The summed E-state index contributed by atoms with van der Waals surface area (Å²) < 4.78 is 5.51. The van der Waals surface area contributed by atoms with Crippen LogP contribution in [0.3, 0.4) is 0 Å². The number of hydrogen-bond acceptors (Lipinski definition) is 6. The van der Waals surface area contributed by atoms with E-state index in [1.807, 2.05) is 0 Å². The van der Waals surface area contributed by atoms with Crippen LogP contribution >= 0.6 is 0 Å². The van der Waals surface area contributed by atoms with Gasteiger partial charge in [-0.2, -0.15) is 4.68 Å². The van der Waals surface area contributed by atoms with Crippen LogP contribution in [0, 0.1) is 10.1 Å². The topological polar surface area (TPSA) is 151 Å². The van der Waals surface area contributed by atoms with Gasteiger partial charge in [0, 0.05) is 0 Å². The maximum atomic E-state index is 11.0. The molecule has 0 saturated carbocycles. The second-order valence-corrected chi connectivity index (χ2v) is 3.57. The molecule has 0 spiro atoms. The number of nitrogens with zero attached hydrogens (tertiary/aromatic N) is 3. The molecule has 0 bridgehead atoms. The molecular formula is C9H12N4O6. The fourth-order valence-corrected chi connectivity index (χ4v) is 1.37. The summed E-state index contributed by atoms with van der Waals surface area (Å²) in [5.41, 5.74) is 4.74. The highest BCUT2D eigenvalue weighted by molar-refractivity contribution is 5.95. The van der Waals surface area contributed by atoms with Crippen molar-refractivity contribution in [3.63, 3.8) is 0 Å². The summed E-state index contributed by atoms with van der Waals surface area (Å²) in [4.78, 5) is 30.9. The highest BCUT2D eigenvalue weighted by Crippen LogP contribution is 2.15. The first-order valence-electron chi connectivity index (χ1n) is 5.29. The Bertz CT molecular complexity index is 465. The molecule has 104 valence electrons. The Morgan fingerprint density at radius 2 is 2.21 bits per heavy atom. The van der Waals surface area contributed by atoms with E-state index in [4.69, 9.17) is 10.8 Å². The highest BCUT2D eigenvalue weighted by Gasteiger charge is 2.24. The van der Waals surface area contributed by atoms with Crippen LogP contribution in [0.15, 0.2) is 6.20 Å². The minimum Gasteiger partial charge on any atom is -0.450 e. The van der Waals surface area contributed by atoms with E-state index in [1.165, 1.54) is 10.9 Å². The smallest absolute Gasteiger partial charge is 0.450 e. The van der Waals surface area contributed by atoms with Gasteiger partial charge in [0.05, 0.1) is 24.4 Å². The molecule has 0 atom stereocenters. The molecule has 3 N–H and O–H groups in total. The third-order valence-electron chi connectivity index (χ3n) is 2.19. The standard InChI is InChI=1S/C9H12N4O6/c10-7(14)6-5-12(11-8(6)13(17)18)3-1-2-4-19-9(15)16/h5H,1-4H2,(H2,10,14)(H,15,16). The molecule has 1 aromatic rings. The summed E-state index contributed by atoms with van der Waals surface area (Å²) in [6, 6.07) is 0. The van der Waals surface area contributed by atoms with E-state index in [9.17, 15) is 19.7 Å². The summed E-state index contributed by atoms with van der Waals surface area (Å²) in [5.74, 6) is -1.51. The summed E-state index contributed by atoms with van der Waals surface area (Å²) in [5, 5.41) is 22.5. The minimum absolute atomic E-state index is 0.0291. The lowest BCUT2D eigenvalue weighted by Gasteiger charge is -1.99.